The van der Waals surface area contributed by atoms with E-state index in [2.05, 4.69) is 5.32 Å². The van der Waals surface area contributed by atoms with Crippen LogP contribution >= 0.6 is 23.4 Å². The van der Waals surface area contributed by atoms with E-state index in [0.717, 1.165) is 4.90 Å². The van der Waals surface area contributed by atoms with Crippen molar-refractivity contribution in [2.45, 2.75) is 29.5 Å². The van der Waals surface area contributed by atoms with Crippen molar-refractivity contribution in [1.82, 2.24) is 5.32 Å². The van der Waals surface area contributed by atoms with Gasteiger partial charge >= 0.3 is 5.97 Å². The van der Waals surface area contributed by atoms with Crippen molar-refractivity contribution in [3.05, 3.63) is 29.3 Å². The van der Waals surface area contributed by atoms with Gasteiger partial charge in [-0.25, -0.2) is 8.42 Å². The molecule has 2 atom stereocenters. The fraction of sp³-hybridized carbons (Fsp3) is 0.467. The number of nitrogens with one attached hydrogen (secondary N) is 1. The zero-order chi connectivity index (χ0) is 17.7. The molecule has 0 radical (unpaired) electrons. The lowest BCUT2D eigenvalue weighted by molar-refractivity contribution is -0.147. The van der Waals surface area contributed by atoms with Crippen LogP contribution in [0.15, 0.2) is 29.2 Å². The molecular formula is C15H18ClNO5S2. The Morgan fingerprint density at radius 2 is 2.04 bits per heavy atom. The fourth-order valence-corrected chi connectivity index (χ4v) is 4.86. The van der Waals surface area contributed by atoms with Crippen molar-refractivity contribution in [3.63, 3.8) is 0 Å². The predicted octanol–water partition coefficient (Wildman–Crippen LogP) is 1.67. The molecule has 0 aromatic heterocycles. The Hall–Kier alpha value is -1.25. The second kappa shape index (κ2) is 8.22. The molecule has 1 aliphatic heterocycles. The van der Waals surface area contributed by atoms with Crippen LogP contribution in [0.25, 0.3) is 0 Å². The number of benzene rings is 1. The van der Waals surface area contributed by atoms with Gasteiger partial charge in [-0.05, 0) is 37.6 Å². The summed E-state index contributed by atoms with van der Waals surface area (Å²) in [7, 11) is -3.06. The van der Waals surface area contributed by atoms with Crippen LogP contribution in [0.1, 0.15) is 13.3 Å². The standard InChI is InChI=1S/C15H18ClNO5S2/c1-10(23-13-4-2-11(16)3-5-13)15(19)22-8-14(18)17-12-6-7-24(20,21)9-12/h2-5,10,12H,6-9H2,1H3,(H,17,18)/t10-,12-/m0/s1. The third kappa shape index (κ3) is 5.99. The largest absolute Gasteiger partial charge is 0.455 e. The van der Waals surface area contributed by atoms with E-state index in [4.69, 9.17) is 16.3 Å². The van der Waals surface area contributed by atoms with Crippen LogP contribution in [-0.2, 0) is 24.2 Å². The summed E-state index contributed by atoms with van der Waals surface area (Å²) in [6.07, 6.45) is 0.394. The van der Waals surface area contributed by atoms with Gasteiger partial charge in [0.25, 0.3) is 5.91 Å². The van der Waals surface area contributed by atoms with Crippen molar-refractivity contribution in [1.29, 1.82) is 0 Å². The number of hydrogen-bond acceptors (Lipinski definition) is 6. The molecule has 1 amide bonds. The molecule has 0 bridgehead atoms. The first-order chi connectivity index (χ1) is 11.2. The number of thioether (sulfide) groups is 1. The molecule has 1 saturated heterocycles. The lowest BCUT2D eigenvalue weighted by Gasteiger charge is -2.13. The van der Waals surface area contributed by atoms with E-state index in [0.29, 0.717) is 11.4 Å². The van der Waals surface area contributed by atoms with Gasteiger partial charge in [-0.3, -0.25) is 9.59 Å². The van der Waals surface area contributed by atoms with Crippen LogP contribution in [0.4, 0.5) is 0 Å². The van der Waals surface area contributed by atoms with Crippen LogP contribution in [0.5, 0.6) is 0 Å². The summed E-state index contributed by atoms with van der Waals surface area (Å²) in [5, 5.41) is 2.70. The lowest BCUT2D eigenvalue weighted by Crippen LogP contribution is -2.38. The molecule has 1 fully saturated rings. The van der Waals surface area contributed by atoms with Gasteiger partial charge < -0.3 is 10.1 Å². The van der Waals surface area contributed by atoms with Crippen LogP contribution in [0.2, 0.25) is 5.02 Å². The molecular weight excluding hydrogens is 374 g/mol. The van der Waals surface area contributed by atoms with E-state index < -0.39 is 39.6 Å². The Bertz CT molecular complexity index is 705. The van der Waals surface area contributed by atoms with Gasteiger partial charge in [0.2, 0.25) is 0 Å². The van der Waals surface area contributed by atoms with Crippen molar-refractivity contribution in [2.24, 2.45) is 0 Å². The molecule has 1 aromatic carbocycles. The Kier molecular flexibility index (Phi) is 6.54. The molecule has 0 saturated carbocycles. The molecule has 24 heavy (non-hydrogen) atoms. The average molecular weight is 392 g/mol. The maximum atomic E-state index is 11.9. The number of carbonyl (C=O) groups excluding carboxylic acids is 2. The summed E-state index contributed by atoms with van der Waals surface area (Å²) >= 11 is 7.10. The molecule has 1 aromatic rings. The maximum absolute atomic E-state index is 11.9. The highest BCUT2D eigenvalue weighted by atomic mass is 35.5. The third-order valence-electron chi connectivity index (χ3n) is 3.40. The van der Waals surface area contributed by atoms with E-state index in [1.165, 1.54) is 11.8 Å². The molecule has 0 aliphatic carbocycles. The van der Waals surface area contributed by atoms with Crippen LogP contribution in [0, 0.1) is 0 Å². The van der Waals surface area contributed by atoms with E-state index in [1.807, 2.05) is 0 Å². The zero-order valence-corrected chi connectivity index (χ0v) is 15.4. The van der Waals surface area contributed by atoms with Gasteiger partial charge in [-0.15, -0.1) is 11.8 Å². The minimum absolute atomic E-state index is 0.0600. The number of halogens is 1. The van der Waals surface area contributed by atoms with Gasteiger partial charge in [0.1, 0.15) is 5.25 Å². The summed E-state index contributed by atoms with van der Waals surface area (Å²) in [4.78, 5) is 24.5. The summed E-state index contributed by atoms with van der Waals surface area (Å²) in [5.41, 5.74) is 0. The minimum atomic E-state index is -3.06. The monoisotopic (exact) mass is 391 g/mol. The SMILES string of the molecule is C[C@H](Sc1ccc(Cl)cc1)C(=O)OCC(=O)N[C@H]1CCS(=O)(=O)C1. The first-order valence-corrected chi connectivity index (χ1v) is 10.4. The minimum Gasteiger partial charge on any atom is -0.455 e. The molecule has 1 N–H and O–H groups in total. The van der Waals surface area contributed by atoms with Crippen molar-refractivity contribution < 1.29 is 22.7 Å². The Labute approximate surface area is 150 Å². The fourth-order valence-electron chi connectivity index (χ4n) is 2.20. The van der Waals surface area contributed by atoms with Gasteiger partial charge in [-0.1, -0.05) is 11.6 Å². The number of sulfone groups is 1. The normalized spacial score (nSPS) is 20.3. The van der Waals surface area contributed by atoms with Gasteiger partial charge in [-0.2, -0.15) is 0 Å². The number of ether oxygens (including phenoxy) is 1. The van der Waals surface area contributed by atoms with Crippen LogP contribution in [0.3, 0.4) is 0 Å². The summed E-state index contributed by atoms with van der Waals surface area (Å²) in [5.74, 6) is -0.986. The molecule has 2 rings (SSSR count). The molecule has 1 aliphatic rings. The number of hydrogen-bond donors (Lipinski definition) is 1. The Morgan fingerprint density at radius 1 is 1.38 bits per heavy atom. The van der Waals surface area contributed by atoms with Crippen molar-refractivity contribution in [3.8, 4) is 0 Å². The highest BCUT2D eigenvalue weighted by Gasteiger charge is 2.29. The second-order valence-electron chi connectivity index (χ2n) is 5.49. The maximum Gasteiger partial charge on any atom is 0.319 e. The highest BCUT2D eigenvalue weighted by molar-refractivity contribution is 8.00. The molecule has 0 spiro atoms. The predicted molar refractivity (Wildman–Crippen MR) is 92.9 cm³/mol. The van der Waals surface area contributed by atoms with Gasteiger partial charge in [0.05, 0.1) is 11.5 Å². The van der Waals surface area contributed by atoms with Crippen molar-refractivity contribution in [2.75, 3.05) is 18.1 Å². The van der Waals surface area contributed by atoms with Crippen LogP contribution in [-0.4, -0.2) is 49.7 Å². The van der Waals surface area contributed by atoms with E-state index in [1.54, 1.807) is 31.2 Å². The topological polar surface area (TPSA) is 89.5 Å². The summed E-state index contributed by atoms with van der Waals surface area (Å²) in [6, 6.07) is 6.64. The van der Waals surface area contributed by atoms with E-state index >= 15 is 0 Å². The zero-order valence-electron chi connectivity index (χ0n) is 13.0. The lowest BCUT2D eigenvalue weighted by atomic mass is 10.2. The smallest absolute Gasteiger partial charge is 0.319 e. The second-order valence-corrected chi connectivity index (χ2v) is 9.57. The number of esters is 1. The van der Waals surface area contributed by atoms with Gasteiger partial charge in [0.15, 0.2) is 16.4 Å². The molecule has 9 heteroatoms. The summed E-state index contributed by atoms with van der Waals surface area (Å²) < 4.78 is 27.6. The highest BCUT2D eigenvalue weighted by Crippen LogP contribution is 2.25. The Balaban J connectivity index is 1.73. The van der Waals surface area contributed by atoms with Crippen molar-refractivity contribution >= 4 is 45.1 Å². The first-order valence-electron chi connectivity index (χ1n) is 7.34. The van der Waals surface area contributed by atoms with Crippen LogP contribution < -0.4 is 5.32 Å². The molecule has 0 unspecified atom stereocenters. The number of amides is 1. The Morgan fingerprint density at radius 3 is 2.62 bits per heavy atom. The quantitative estimate of drug-likeness (QED) is 0.586. The summed E-state index contributed by atoms with van der Waals surface area (Å²) in [6.45, 7) is 1.27. The molecule has 132 valence electrons. The first kappa shape index (κ1) is 19.1. The number of carbonyl (C=O) groups is 2. The molecule has 1 heterocycles. The number of rotatable bonds is 6. The average Bonchev–Trinajstić information content (AvgIpc) is 2.85. The van der Waals surface area contributed by atoms with Gasteiger partial charge in [0, 0.05) is 16.0 Å². The molecule has 6 nitrogen and oxygen atoms in total. The van der Waals surface area contributed by atoms with E-state index in [9.17, 15) is 18.0 Å². The third-order valence-corrected chi connectivity index (χ3v) is 6.51. The van der Waals surface area contributed by atoms with E-state index in [-0.39, 0.29) is 11.5 Å².